The molecule has 0 aliphatic carbocycles. The number of benzene rings is 1. The van der Waals surface area contributed by atoms with Crippen molar-refractivity contribution in [3.8, 4) is 0 Å². The van der Waals surface area contributed by atoms with Crippen LogP contribution in [-0.2, 0) is 26.5 Å². The summed E-state index contributed by atoms with van der Waals surface area (Å²) in [5.41, 5.74) is 4.25. The van der Waals surface area contributed by atoms with Crippen LogP contribution in [0.15, 0.2) is 24.3 Å². The van der Waals surface area contributed by atoms with E-state index in [9.17, 15) is 0 Å². The second kappa shape index (κ2) is 5.10. The van der Waals surface area contributed by atoms with E-state index in [-0.39, 0.29) is 6.61 Å². The first-order valence-electron chi connectivity index (χ1n) is 5.74. The maximum atomic E-state index is 9.15. The first-order chi connectivity index (χ1) is 8.20. The van der Waals surface area contributed by atoms with E-state index in [1.807, 2.05) is 7.05 Å². The molecule has 0 aliphatic heterocycles. The van der Waals surface area contributed by atoms with E-state index >= 15 is 0 Å². The molecule has 0 unspecified atom stereocenters. The Morgan fingerprint density at radius 3 is 2.53 bits per heavy atom. The number of nitrogens with zero attached hydrogens (tertiary/aromatic N) is 3. The van der Waals surface area contributed by atoms with E-state index in [1.54, 1.807) is 4.68 Å². The lowest BCUT2D eigenvalue weighted by molar-refractivity contribution is 0.275. The Balaban J connectivity index is 2.06. The molecule has 0 saturated carbocycles. The summed E-state index contributed by atoms with van der Waals surface area (Å²) in [6, 6.07) is 8.50. The van der Waals surface area contributed by atoms with Crippen molar-refractivity contribution >= 4 is 0 Å². The average Bonchev–Trinajstić information content (AvgIpc) is 2.69. The summed E-state index contributed by atoms with van der Waals surface area (Å²) in [6.45, 7) is 2.04. The van der Waals surface area contributed by atoms with Gasteiger partial charge in [0.2, 0.25) is 0 Å². The zero-order valence-corrected chi connectivity index (χ0v) is 10.2. The Morgan fingerprint density at radius 2 is 1.88 bits per heavy atom. The molecule has 1 N–H and O–H groups in total. The lowest BCUT2D eigenvalue weighted by Crippen LogP contribution is -2.03. The molecule has 0 aliphatic rings. The van der Waals surface area contributed by atoms with Crippen molar-refractivity contribution in [1.29, 1.82) is 0 Å². The van der Waals surface area contributed by atoms with Gasteiger partial charge in [0.25, 0.3) is 0 Å². The van der Waals surface area contributed by atoms with Crippen LogP contribution in [0, 0.1) is 6.92 Å². The highest BCUT2D eigenvalue weighted by Crippen LogP contribution is 2.10. The average molecular weight is 231 g/mol. The third-order valence-electron chi connectivity index (χ3n) is 2.94. The van der Waals surface area contributed by atoms with Crippen LogP contribution in [0.5, 0.6) is 0 Å². The van der Waals surface area contributed by atoms with E-state index in [0.717, 1.165) is 18.5 Å². The summed E-state index contributed by atoms with van der Waals surface area (Å²) < 4.78 is 1.74. The first kappa shape index (κ1) is 11.8. The predicted octanol–water partition coefficient (Wildman–Crippen LogP) is 1.40. The normalized spacial score (nSPS) is 10.8. The molecule has 0 saturated heterocycles. The molecule has 17 heavy (non-hydrogen) atoms. The second-order valence-electron chi connectivity index (χ2n) is 4.25. The van der Waals surface area contributed by atoms with E-state index in [0.29, 0.717) is 5.69 Å². The van der Waals surface area contributed by atoms with E-state index < -0.39 is 0 Å². The van der Waals surface area contributed by atoms with Crippen LogP contribution in [0.3, 0.4) is 0 Å². The van der Waals surface area contributed by atoms with Gasteiger partial charge in [-0.2, -0.15) is 0 Å². The van der Waals surface area contributed by atoms with Crippen molar-refractivity contribution in [3.63, 3.8) is 0 Å². The minimum Gasteiger partial charge on any atom is -0.390 e. The van der Waals surface area contributed by atoms with Crippen LogP contribution in [-0.4, -0.2) is 20.1 Å². The van der Waals surface area contributed by atoms with Gasteiger partial charge in [0, 0.05) is 7.05 Å². The molecule has 0 bridgehead atoms. The molecule has 4 nitrogen and oxygen atoms in total. The number of hydrogen-bond donors (Lipinski definition) is 1. The largest absolute Gasteiger partial charge is 0.390 e. The summed E-state index contributed by atoms with van der Waals surface area (Å²) >= 11 is 0. The van der Waals surface area contributed by atoms with Gasteiger partial charge in [0.15, 0.2) is 0 Å². The molecule has 0 amide bonds. The summed E-state index contributed by atoms with van der Waals surface area (Å²) in [7, 11) is 1.86. The minimum absolute atomic E-state index is 0.0446. The van der Waals surface area contributed by atoms with Crippen molar-refractivity contribution in [3.05, 3.63) is 46.8 Å². The van der Waals surface area contributed by atoms with E-state index in [1.165, 1.54) is 11.1 Å². The van der Waals surface area contributed by atoms with Crippen LogP contribution >= 0.6 is 0 Å². The van der Waals surface area contributed by atoms with Crippen molar-refractivity contribution in [2.75, 3.05) is 0 Å². The standard InChI is InChI=1S/C13H17N3O/c1-10-3-5-11(6-4-10)7-8-13-12(9-17)14-15-16(13)2/h3-6,17H,7-9H2,1-2H3. The van der Waals surface area contributed by atoms with Crippen molar-refractivity contribution in [2.24, 2.45) is 7.05 Å². The van der Waals surface area contributed by atoms with Gasteiger partial charge in [-0.25, -0.2) is 0 Å². The van der Waals surface area contributed by atoms with Crippen molar-refractivity contribution in [2.45, 2.75) is 26.4 Å². The molecule has 0 atom stereocenters. The van der Waals surface area contributed by atoms with Crippen LogP contribution in [0.4, 0.5) is 0 Å². The van der Waals surface area contributed by atoms with Gasteiger partial charge in [-0.15, -0.1) is 5.10 Å². The van der Waals surface area contributed by atoms with E-state index in [4.69, 9.17) is 5.11 Å². The fourth-order valence-corrected chi connectivity index (χ4v) is 1.87. The molecule has 0 fully saturated rings. The van der Waals surface area contributed by atoms with Crippen LogP contribution in [0.1, 0.15) is 22.5 Å². The topological polar surface area (TPSA) is 50.9 Å². The fraction of sp³-hybridized carbons (Fsp3) is 0.385. The highest BCUT2D eigenvalue weighted by atomic mass is 16.3. The molecule has 0 radical (unpaired) electrons. The molecule has 4 heteroatoms. The smallest absolute Gasteiger partial charge is 0.111 e. The molecule has 90 valence electrons. The van der Waals surface area contributed by atoms with Gasteiger partial charge in [-0.3, -0.25) is 4.68 Å². The van der Waals surface area contributed by atoms with Crippen molar-refractivity contribution < 1.29 is 5.11 Å². The van der Waals surface area contributed by atoms with Crippen LogP contribution in [0.25, 0.3) is 0 Å². The molecular formula is C13H17N3O. The zero-order valence-electron chi connectivity index (χ0n) is 10.2. The lowest BCUT2D eigenvalue weighted by atomic mass is 10.1. The Kier molecular flexibility index (Phi) is 3.54. The summed E-state index contributed by atoms with van der Waals surface area (Å²) in [5.74, 6) is 0. The Morgan fingerprint density at radius 1 is 1.18 bits per heavy atom. The van der Waals surface area contributed by atoms with Gasteiger partial charge >= 0.3 is 0 Å². The molecule has 2 aromatic rings. The van der Waals surface area contributed by atoms with Gasteiger partial charge in [0.1, 0.15) is 5.69 Å². The number of aromatic nitrogens is 3. The Bertz CT molecular complexity index is 488. The molecule has 1 aromatic heterocycles. The quantitative estimate of drug-likeness (QED) is 0.865. The third kappa shape index (κ3) is 2.71. The van der Waals surface area contributed by atoms with E-state index in [2.05, 4.69) is 41.5 Å². The number of hydrogen-bond acceptors (Lipinski definition) is 3. The Labute approximate surface area is 101 Å². The molecule has 1 aromatic carbocycles. The summed E-state index contributed by atoms with van der Waals surface area (Å²) in [5, 5.41) is 17.0. The number of aryl methyl sites for hydroxylation is 3. The maximum absolute atomic E-state index is 9.15. The molecule has 0 spiro atoms. The number of rotatable bonds is 4. The minimum atomic E-state index is -0.0446. The first-order valence-corrected chi connectivity index (χ1v) is 5.74. The summed E-state index contributed by atoms with van der Waals surface area (Å²) in [4.78, 5) is 0. The molecule has 2 rings (SSSR count). The number of aliphatic hydroxyl groups excluding tert-OH is 1. The monoisotopic (exact) mass is 231 g/mol. The van der Waals surface area contributed by atoms with Gasteiger partial charge in [0.05, 0.1) is 12.3 Å². The maximum Gasteiger partial charge on any atom is 0.111 e. The highest BCUT2D eigenvalue weighted by Gasteiger charge is 2.09. The Hall–Kier alpha value is -1.68. The molecule has 1 heterocycles. The zero-order chi connectivity index (χ0) is 12.3. The van der Waals surface area contributed by atoms with Crippen molar-refractivity contribution in [1.82, 2.24) is 15.0 Å². The fourth-order valence-electron chi connectivity index (χ4n) is 1.87. The summed E-state index contributed by atoms with van der Waals surface area (Å²) in [6.07, 6.45) is 1.79. The van der Waals surface area contributed by atoms with Gasteiger partial charge in [-0.1, -0.05) is 35.0 Å². The van der Waals surface area contributed by atoms with Crippen LogP contribution < -0.4 is 0 Å². The lowest BCUT2D eigenvalue weighted by Gasteiger charge is -2.04. The van der Waals surface area contributed by atoms with Gasteiger partial charge in [-0.05, 0) is 25.3 Å². The second-order valence-corrected chi connectivity index (χ2v) is 4.25. The highest BCUT2D eigenvalue weighted by molar-refractivity contribution is 5.22. The predicted molar refractivity (Wildman–Crippen MR) is 65.5 cm³/mol. The molecular weight excluding hydrogens is 214 g/mol. The van der Waals surface area contributed by atoms with Crippen LogP contribution in [0.2, 0.25) is 0 Å². The SMILES string of the molecule is Cc1ccc(CCc2c(CO)nnn2C)cc1. The third-order valence-corrected chi connectivity index (χ3v) is 2.94. The van der Waals surface area contributed by atoms with Gasteiger partial charge < -0.3 is 5.11 Å². The number of aliphatic hydroxyl groups is 1.